The Morgan fingerprint density at radius 1 is 1.04 bits per heavy atom. The number of carbonyl (C=O) groups excluding carboxylic acids is 1. The van der Waals surface area contributed by atoms with Gasteiger partial charge in [-0.3, -0.25) is 4.79 Å². The fraction of sp³-hybridized carbons (Fsp3) is 0.316. The van der Waals surface area contributed by atoms with Crippen LogP contribution in [-0.4, -0.2) is 39.9 Å². The number of carbonyl (C=O) groups is 1. The molecule has 1 heterocycles. The minimum absolute atomic E-state index is 0.190. The molecule has 0 spiro atoms. The first-order valence-electron chi connectivity index (χ1n) is 8.15. The molecule has 0 atom stereocenters. The SMILES string of the molecule is COc1cc(C)cc(OC)c1OCC(=O)Nc1ccc2c(c1)OCCO2. The quantitative estimate of drug-likeness (QED) is 0.855. The number of fused-ring (bicyclic) bond motifs is 1. The summed E-state index contributed by atoms with van der Waals surface area (Å²) in [5.41, 5.74) is 1.57. The summed E-state index contributed by atoms with van der Waals surface area (Å²) in [7, 11) is 3.08. The van der Waals surface area contributed by atoms with Crippen molar-refractivity contribution in [3.05, 3.63) is 35.9 Å². The van der Waals surface area contributed by atoms with Crippen LogP contribution in [0.2, 0.25) is 0 Å². The van der Waals surface area contributed by atoms with E-state index in [1.165, 1.54) is 14.2 Å². The molecule has 1 N–H and O–H groups in total. The van der Waals surface area contributed by atoms with Crippen molar-refractivity contribution in [3.63, 3.8) is 0 Å². The molecule has 2 aromatic rings. The van der Waals surface area contributed by atoms with Crippen molar-refractivity contribution in [2.75, 3.05) is 39.4 Å². The molecule has 1 amide bonds. The van der Waals surface area contributed by atoms with Crippen LogP contribution in [0.25, 0.3) is 0 Å². The summed E-state index contributed by atoms with van der Waals surface area (Å²) in [6.45, 7) is 2.74. The third-order valence-electron chi connectivity index (χ3n) is 3.78. The lowest BCUT2D eigenvalue weighted by Crippen LogP contribution is -2.21. The first kappa shape index (κ1) is 17.7. The lowest BCUT2D eigenvalue weighted by molar-refractivity contribution is -0.118. The topological polar surface area (TPSA) is 75.3 Å². The maximum absolute atomic E-state index is 12.2. The molecule has 138 valence electrons. The van der Waals surface area contributed by atoms with Crippen LogP contribution in [0.3, 0.4) is 0 Å². The molecule has 0 bridgehead atoms. The number of amides is 1. The summed E-state index contributed by atoms with van der Waals surface area (Å²) in [6.07, 6.45) is 0. The van der Waals surface area contributed by atoms with Crippen molar-refractivity contribution in [2.45, 2.75) is 6.92 Å². The Kier molecular flexibility index (Phi) is 5.36. The normalized spacial score (nSPS) is 12.3. The van der Waals surface area contributed by atoms with Gasteiger partial charge in [0, 0.05) is 11.8 Å². The van der Waals surface area contributed by atoms with Crippen LogP contribution < -0.4 is 29.0 Å². The molecule has 2 aromatic carbocycles. The molecule has 0 saturated carbocycles. The van der Waals surface area contributed by atoms with Gasteiger partial charge in [-0.2, -0.15) is 0 Å². The summed E-state index contributed by atoms with van der Waals surface area (Å²) in [4.78, 5) is 12.2. The third-order valence-corrected chi connectivity index (χ3v) is 3.78. The van der Waals surface area contributed by atoms with E-state index >= 15 is 0 Å². The summed E-state index contributed by atoms with van der Waals surface area (Å²) in [5.74, 6) is 2.36. The molecule has 1 aliphatic heterocycles. The third kappa shape index (κ3) is 3.93. The molecule has 7 nitrogen and oxygen atoms in total. The van der Waals surface area contributed by atoms with Crippen molar-refractivity contribution in [1.29, 1.82) is 0 Å². The van der Waals surface area contributed by atoms with Crippen LogP contribution in [0.1, 0.15) is 5.56 Å². The van der Waals surface area contributed by atoms with Crippen molar-refractivity contribution in [1.82, 2.24) is 0 Å². The van der Waals surface area contributed by atoms with Gasteiger partial charge in [0.2, 0.25) is 5.75 Å². The number of rotatable bonds is 6. The fourth-order valence-corrected chi connectivity index (χ4v) is 2.61. The molecule has 7 heteroatoms. The molecule has 26 heavy (non-hydrogen) atoms. The van der Waals surface area contributed by atoms with Gasteiger partial charge in [-0.15, -0.1) is 0 Å². The van der Waals surface area contributed by atoms with E-state index in [0.29, 0.717) is 47.6 Å². The monoisotopic (exact) mass is 359 g/mol. The van der Waals surface area contributed by atoms with Crippen molar-refractivity contribution in [2.24, 2.45) is 0 Å². The maximum Gasteiger partial charge on any atom is 0.262 e. The molecule has 0 aromatic heterocycles. The summed E-state index contributed by atoms with van der Waals surface area (Å²) in [5, 5.41) is 2.77. The molecule has 0 unspecified atom stereocenters. The number of nitrogens with one attached hydrogen (secondary N) is 1. The Labute approximate surface area is 151 Å². The van der Waals surface area contributed by atoms with Crippen molar-refractivity contribution >= 4 is 11.6 Å². The molecular weight excluding hydrogens is 338 g/mol. The molecule has 0 fully saturated rings. The second kappa shape index (κ2) is 7.86. The van der Waals surface area contributed by atoms with Crippen LogP contribution in [0.15, 0.2) is 30.3 Å². The Bertz CT molecular complexity index is 780. The van der Waals surface area contributed by atoms with Crippen molar-refractivity contribution in [3.8, 4) is 28.7 Å². The molecular formula is C19H21NO6. The fourth-order valence-electron chi connectivity index (χ4n) is 2.61. The highest BCUT2D eigenvalue weighted by molar-refractivity contribution is 5.92. The van der Waals surface area contributed by atoms with Gasteiger partial charge in [-0.25, -0.2) is 0 Å². The van der Waals surface area contributed by atoms with Crippen LogP contribution in [0, 0.1) is 6.92 Å². The van der Waals surface area contributed by atoms with E-state index in [0.717, 1.165) is 5.56 Å². The van der Waals surface area contributed by atoms with Crippen LogP contribution in [0.4, 0.5) is 5.69 Å². The van der Waals surface area contributed by atoms with E-state index in [1.807, 2.05) is 19.1 Å². The predicted octanol–water partition coefficient (Wildman–Crippen LogP) is 2.80. The Balaban J connectivity index is 1.66. The predicted molar refractivity (Wildman–Crippen MR) is 95.8 cm³/mol. The number of ether oxygens (including phenoxy) is 5. The Hall–Kier alpha value is -3.09. The van der Waals surface area contributed by atoms with E-state index in [9.17, 15) is 4.79 Å². The van der Waals surface area contributed by atoms with Gasteiger partial charge in [-0.05, 0) is 36.8 Å². The number of benzene rings is 2. The largest absolute Gasteiger partial charge is 0.493 e. The summed E-state index contributed by atoms with van der Waals surface area (Å²) >= 11 is 0. The van der Waals surface area contributed by atoms with Crippen LogP contribution in [-0.2, 0) is 4.79 Å². The first-order valence-corrected chi connectivity index (χ1v) is 8.15. The molecule has 0 radical (unpaired) electrons. The van der Waals surface area contributed by atoms with E-state index in [1.54, 1.807) is 18.2 Å². The number of hydrogen-bond acceptors (Lipinski definition) is 6. The smallest absolute Gasteiger partial charge is 0.262 e. The van der Waals surface area contributed by atoms with E-state index in [2.05, 4.69) is 5.32 Å². The van der Waals surface area contributed by atoms with E-state index in [-0.39, 0.29) is 12.5 Å². The average Bonchev–Trinajstić information content (AvgIpc) is 2.66. The second-order valence-electron chi connectivity index (χ2n) is 5.69. The minimum atomic E-state index is -0.314. The molecule has 1 aliphatic rings. The van der Waals surface area contributed by atoms with Gasteiger partial charge in [-0.1, -0.05) is 0 Å². The average molecular weight is 359 g/mol. The van der Waals surface area contributed by atoms with E-state index in [4.69, 9.17) is 23.7 Å². The van der Waals surface area contributed by atoms with Crippen LogP contribution >= 0.6 is 0 Å². The summed E-state index contributed by atoms with van der Waals surface area (Å²) < 4.78 is 27.2. The number of hydrogen-bond donors (Lipinski definition) is 1. The first-order chi connectivity index (χ1) is 12.6. The Morgan fingerprint density at radius 3 is 2.35 bits per heavy atom. The van der Waals surface area contributed by atoms with Gasteiger partial charge in [0.1, 0.15) is 13.2 Å². The summed E-state index contributed by atoms with van der Waals surface area (Å²) in [6, 6.07) is 8.86. The maximum atomic E-state index is 12.2. The number of methoxy groups -OCH3 is 2. The second-order valence-corrected chi connectivity index (χ2v) is 5.69. The highest BCUT2D eigenvalue weighted by Crippen LogP contribution is 2.38. The van der Waals surface area contributed by atoms with Gasteiger partial charge < -0.3 is 29.0 Å². The number of anilines is 1. The Morgan fingerprint density at radius 2 is 1.69 bits per heavy atom. The molecule has 3 rings (SSSR count). The van der Waals surface area contributed by atoms with Gasteiger partial charge in [0.15, 0.2) is 29.6 Å². The lowest BCUT2D eigenvalue weighted by atomic mass is 10.2. The van der Waals surface area contributed by atoms with Crippen molar-refractivity contribution < 1.29 is 28.5 Å². The zero-order chi connectivity index (χ0) is 18.5. The highest BCUT2D eigenvalue weighted by atomic mass is 16.6. The van der Waals surface area contributed by atoms with Gasteiger partial charge in [0.25, 0.3) is 5.91 Å². The number of aryl methyl sites for hydroxylation is 1. The van der Waals surface area contributed by atoms with Crippen LogP contribution in [0.5, 0.6) is 28.7 Å². The zero-order valence-corrected chi connectivity index (χ0v) is 15.0. The lowest BCUT2D eigenvalue weighted by Gasteiger charge is -2.19. The highest BCUT2D eigenvalue weighted by Gasteiger charge is 2.16. The zero-order valence-electron chi connectivity index (χ0n) is 15.0. The molecule has 0 aliphatic carbocycles. The van der Waals surface area contributed by atoms with Gasteiger partial charge in [0.05, 0.1) is 14.2 Å². The molecule has 0 saturated heterocycles. The standard InChI is InChI=1S/C19H21NO6/c1-12-8-16(22-2)19(17(9-12)23-3)26-11-18(21)20-13-4-5-14-15(10-13)25-7-6-24-14/h4-5,8-10H,6-7,11H2,1-3H3,(H,20,21). The van der Waals surface area contributed by atoms with E-state index < -0.39 is 0 Å². The minimum Gasteiger partial charge on any atom is -0.493 e. The van der Waals surface area contributed by atoms with Gasteiger partial charge >= 0.3 is 0 Å².